The number of anilines is 1. The van der Waals surface area contributed by atoms with Crippen molar-refractivity contribution in [3.63, 3.8) is 0 Å². The highest BCUT2D eigenvalue weighted by Crippen LogP contribution is 2.34. The number of alkyl halides is 3. The lowest BCUT2D eigenvalue weighted by atomic mass is 9.98. The molecule has 2 aromatic heterocycles. The first-order valence-electron chi connectivity index (χ1n) is 13.4. The Morgan fingerprint density at radius 1 is 1.26 bits per heavy atom. The maximum Gasteiger partial charge on any atom is 0.416 e. The van der Waals surface area contributed by atoms with Crippen LogP contribution in [0.5, 0.6) is 0 Å². The van der Waals surface area contributed by atoms with Crippen molar-refractivity contribution in [2.45, 2.75) is 59.2 Å². The van der Waals surface area contributed by atoms with Gasteiger partial charge in [-0.2, -0.15) is 13.2 Å². The first kappa shape index (κ1) is 28.6. The lowest BCUT2D eigenvalue weighted by molar-refractivity contribution is -0.138. The van der Waals surface area contributed by atoms with E-state index in [-0.39, 0.29) is 30.4 Å². The lowest BCUT2D eigenvalue weighted by Crippen LogP contribution is -2.37. The first-order chi connectivity index (χ1) is 18.6. The largest absolute Gasteiger partial charge is 0.416 e. The Morgan fingerprint density at radius 3 is 2.67 bits per heavy atom. The summed E-state index contributed by atoms with van der Waals surface area (Å²) in [6.07, 6.45) is -0.359. The van der Waals surface area contributed by atoms with E-state index in [1.54, 1.807) is 16.7 Å². The van der Waals surface area contributed by atoms with E-state index in [0.29, 0.717) is 61.7 Å². The third-order valence-electron chi connectivity index (χ3n) is 7.33. The van der Waals surface area contributed by atoms with Gasteiger partial charge < -0.3 is 15.0 Å². The molecule has 3 heterocycles. The number of amides is 1. The van der Waals surface area contributed by atoms with E-state index in [1.165, 1.54) is 13.0 Å². The van der Waals surface area contributed by atoms with Gasteiger partial charge in [-0.25, -0.2) is 9.50 Å². The highest BCUT2D eigenvalue weighted by atomic mass is 19.4. The number of aromatic nitrogens is 3. The summed E-state index contributed by atoms with van der Waals surface area (Å²) in [7, 11) is 0. The molecule has 210 valence electrons. The minimum Gasteiger partial charge on any atom is -0.378 e. The van der Waals surface area contributed by atoms with Crippen molar-refractivity contribution >= 4 is 17.4 Å². The van der Waals surface area contributed by atoms with Crippen molar-refractivity contribution in [3.05, 3.63) is 70.6 Å². The number of fused-ring (bicyclic) bond motifs is 1. The lowest BCUT2D eigenvalue weighted by Gasteiger charge is -2.28. The molecule has 1 N–H and O–H groups in total. The predicted molar refractivity (Wildman–Crippen MR) is 145 cm³/mol. The number of carbonyl (C=O) groups is 1. The Balaban J connectivity index is 1.78. The van der Waals surface area contributed by atoms with E-state index in [4.69, 9.17) is 14.8 Å². The molecular formula is C29H36F3N5O2. The second-order valence-electron chi connectivity index (χ2n) is 9.97. The van der Waals surface area contributed by atoms with E-state index < -0.39 is 11.7 Å². The molecule has 1 aliphatic rings. The molecule has 1 aromatic carbocycles. The number of morpholine rings is 1. The van der Waals surface area contributed by atoms with Crippen LogP contribution in [0.15, 0.2) is 36.9 Å². The fourth-order valence-electron chi connectivity index (χ4n) is 4.89. The van der Waals surface area contributed by atoms with Crippen molar-refractivity contribution in [2.24, 2.45) is 5.92 Å². The Labute approximate surface area is 227 Å². The number of nitrogens with one attached hydrogen (secondary N) is 1. The zero-order valence-electron chi connectivity index (χ0n) is 22.8. The molecule has 0 saturated carbocycles. The Bertz CT molecular complexity index is 1330. The number of nitrogens with zero attached hydrogens (tertiary/aromatic N) is 4. The number of halogens is 3. The van der Waals surface area contributed by atoms with Gasteiger partial charge in [0.05, 0.1) is 36.7 Å². The summed E-state index contributed by atoms with van der Waals surface area (Å²) in [6, 6.07) is 6.26. The highest BCUT2D eigenvalue weighted by molar-refractivity contribution is 5.78. The molecule has 0 bridgehead atoms. The van der Waals surface area contributed by atoms with Crippen molar-refractivity contribution < 1.29 is 22.7 Å². The van der Waals surface area contributed by atoms with Crippen LogP contribution < -0.4 is 10.2 Å². The van der Waals surface area contributed by atoms with Gasteiger partial charge in [0, 0.05) is 31.0 Å². The number of ether oxygens (including phenoxy) is 1. The van der Waals surface area contributed by atoms with Crippen LogP contribution >= 0.6 is 0 Å². The van der Waals surface area contributed by atoms with Crippen LogP contribution in [0.3, 0.4) is 0 Å². The van der Waals surface area contributed by atoms with Gasteiger partial charge in [0.15, 0.2) is 5.65 Å². The molecular weight excluding hydrogens is 507 g/mol. The molecule has 0 spiro atoms. The molecule has 0 radical (unpaired) electrons. The zero-order chi connectivity index (χ0) is 28.2. The number of allylic oxidation sites excluding steroid dienone is 1. The van der Waals surface area contributed by atoms with Gasteiger partial charge >= 0.3 is 6.18 Å². The molecule has 1 atom stereocenters. The number of hydrogen-bond donors (Lipinski definition) is 1. The summed E-state index contributed by atoms with van der Waals surface area (Å²) in [6.45, 7) is 11.9. The van der Waals surface area contributed by atoms with E-state index in [9.17, 15) is 18.0 Å². The second kappa shape index (κ2) is 12.2. The van der Waals surface area contributed by atoms with Gasteiger partial charge in [-0.15, -0.1) is 11.7 Å². The number of carbonyl (C=O) groups excluding carboxylic acids is 1. The number of aryl methyl sites for hydroxylation is 1. The van der Waals surface area contributed by atoms with Gasteiger partial charge in [0.2, 0.25) is 5.91 Å². The molecule has 39 heavy (non-hydrogen) atoms. The topological polar surface area (TPSA) is 71.8 Å². The van der Waals surface area contributed by atoms with Crippen LogP contribution in [0.4, 0.5) is 19.0 Å². The van der Waals surface area contributed by atoms with Gasteiger partial charge in [-0.3, -0.25) is 4.79 Å². The molecule has 10 heteroatoms. The average molecular weight is 544 g/mol. The van der Waals surface area contributed by atoms with Gasteiger partial charge in [-0.1, -0.05) is 32.1 Å². The molecule has 3 aromatic rings. The second-order valence-corrected chi connectivity index (χ2v) is 9.97. The highest BCUT2D eigenvalue weighted by Gasteiger charge is 2.33. The minimum atomic E-state index is -4.45. The zero-order valence-corrected chi connectivity index (χ0v) is 22.8. The van der Waals surface area contributed by atoms with Crippen LogP contribution in [-0.4, -0.2) is 46.8 Å². The van der Waals surface area contributed by atoms with Crippen LogP contribution in [0.2, 0.25) is 0 Å². The van der Waals surface area contributed by atoms with E-state index in [2.05, 4.69) is 16.8 Å². The standard InChI is InChI=1S/C29H36F3N5O2/c1-5-7-9-19(3)28(38)33-18-24-25(16-22-10-8-11-23(20(22)4)29(30,31)32)37-27(34-24)21(6-2)17-26(35-37)36-12-14-39-15-13-36/h5,8,10-11,17,19H,1,6-7,9,12-16,18H2,2-4H3,(H,33,38). The monoisotopic (exact) mass is 543 g/mol. The predicted octanol–water partition coefficient (Wildman–Crippen LogP) is 5.26. The van der Waals surface area contributed by atoms with Crippen LogP contribution in [0, 0.1) is 12.8 Å². The average Bonchev–Trinajstić information content (AvgIpc) is 3.27. The molecule has 1 amide bonds. The Kier molecular flexibility index (Phi) is 8.94. The summed E-state index contributed by atoms with van der Waals surface area (Å²) in [5.41, 5.74) is 2.94. The van der Waals surface area contributed by atoms with Gasteiger partial charge in [0.25, 0.3) is 0 Å². The Morgan fingerprint density at radius 2 is 2.00 bits per heavy atom. The summed E-state index contributed by atoms with van der Waals surface area (Å²) in [5.74, 6) is 0.468. The minimum absolute atomic E-state index is 0.104. The van der Waals surface area contributed by atoms with Gasteiger partial charge in [-0.05, 0) is 49.4 Å². The van der Waals surface area contributed by atoms with Crippen LogP contribution in [-0.2, 0) is 35.1 Å². The number of hydrogen-bond acceptors (Lipinski definition) is 5. The van der Waals surface area contributed by atoms with Crippen molar-refractivity contribution in [2.75, 3.05) is 31.2 Å². The van der Waals surface area contributed by atoms with Crippen molar-refractivity contribution in [1.29, 1.82) is 0 Å². The summed E-state index contributed by atoms with van der Waals surface area (Å²) < 4.78 is 48.3. The molecule has 0 aliphatic carbocycles. The molecule has 4 rings (SSSR count). The number of imidazole rings is 1. The van der Waals surface area contributed by atoms with E-state index in [0.717, 1.165) is 23.9 Å². The van der Waals surface area contributed by atoms with Crippen LogP contribution in [0.25, 0.3) is 5.65 Å². The molecule has 1 aliphatic heterocycles. The smallest absolute Gasteiger partial charge is 0.378 e. The summed E-state index contributed by atoms with van der Waals surface area (Å²) >= 11 is 0. The van der Waals surface area contributed by atoms with Crippen LogP contribution in [0.1, 0.15) is 60.3 Å². The van der Waals surface area contributed by atoms with E-state index >= 15 is 0 Å². The fraction of sp³-hybridized carbons (Fsp3) is 0.483. The summed E-state index contributed by atoms with van der Waals surface area (Å²) in [5, 5.41) is 7.88. The van der Waals surface area contributed by atoms with E-state index in [1.807, 2.05) is 19.9 Å². The maximum atomic E-state index is 13.7. The fourth-order valence-corrected chi connectivity index (χ4v) is 4.89. The third kappa shape index (κ3) is 6.43. The molecule has 1 saturated heterocycles. The summed E-state index contributed by atoms with van der Waals surface area (Å²) in [4.78, 5) is 19.8. The molecule has 1 fully saturated rings. The molecule has 1 unspecified atom stereocenters. The van der Waals surface area contributed by atoms with Crippen molar-refractivity contribution in [3.8, 4) is 0 Å². The number of rotatable bonds is 10. The SMILES string of the molecule is C=CCCC(C)C(=O)NCc1nc2c(CC)cc(N3CCOCC3)nn2c1Cc1cccc(C(F)(F)F)c1C. The maximum absolute atomic E-state index is 13.7. The Hall–Kier alpha value is -3.40. The first-order valence-corrected chi connectivity index (χ1v) is 13.4. The quantitative estimate of drug-likeness (QED) is 0.353. The molecule has 7 nitrogen and oxygen atoms in total. The normalized spacial score (nSPS) is 15.0. The van der Waals surface area contributed by atoms with Gasteiger partial charge in [0.1, 0.15) is 5.82 Å². The third-order valence-corrected chi connectivity index (χ3v) is 7.33. The number of benzene rings is 1. The van der Waals surface area contributed by atoms with Crippen molar-refractivity contribution in [1.82, 2.24) is 19.9 Å².